The molecule has 4 aromatic heterocycles. The van der Waals surface area contributed by atoms with Gasteiger partial charge >= 0.3 is 0 Å². The second-order valence-corrected chi connectivity index (χ2v) is 23.3. The van der Waals surface area contributed by atoms with E-state index in [9.17, 15) is 0 Å². The normalized spacial score (nSPS) is 11.6. The van der Waals surface area contributed by atoms with Crippen LogP contribution in [-0.4, -0.2) is 18.0 Å². The fraction of sp³-hybridized carbons (Fsp3) is 0.133. The number of benzene rings is 7. The molecule has 7 aromatic carbocycles. The fourth-order valence-electron chi connectivity index (χ4n) is 9.09. The molecule has 1 radical (unpaired) electrons. The molecule has 0 N–H and O–H groups in total. The van der Waals surface area contributed by atoms with Gasteiger partial charge in [0, 0.05) is 59.8 Å². The van der Waals surface area contributed by atoms with Gasteiger partial charge < -0.3 is 18.8 Å². The number of hydrogen-bond acceptors (Lipinski definition) is 4. The Kier molecular flexibility index (Phi) is 12.3. The molecule has 11 rings (SSSR count). The Morgan fingerprint density at radius 1 is 0.515 bits per heavy atom. The molecular weight excluding hydrogens is 1000 g/mol. The molecule has 0 saturated carbocycles. The summed E-state index contributed by atoms with van der Waals surface area (Å²) in [5, 5.41) is 5.82. The number of pyridine rings is 2. The van der Waals surface area contributed by atoms with E-state index in [2.05, 4.69) is 181 Å². The Morgan fingerprint density at radius 2 is 1.15 bits per heavy atom. The van der Waals surface area contributed by atoms with Crippen LogP contribution in [0.2, 0.25) is 19.6 Å². The third-order valence-corrected chi connectivity index (χ3v) is 14.5. The summed E-state index contributed by atoms with van der Waals surface area (Å²) in [6, 6.07) is 61.3. The first-order chi connectivity index (χ1) is 31.5. The van der Waals surface area contributed by atoms with E-state index >= 15 is 0 Å². The minimum absolute atomic E-state index is 0. The van der Waals surface area contributed by atoms with Crippen LogP contribution in [0.5, 0.6) is 0 Å². The van der Waals surface area contributed by atoms with Crippen molar-refractivity contribution in [1.82, 2.24) is 9.97 Å². The van der Waals surface area contributed by atoms with Crippen LogP contribution in [0.25, 0.3) is 99.8 Å². The molecule has 11 aromatic rings. The first-order valence-corrected chi connectivity index (χ1v) is 25.9. The van der Waals surface area contributed by atoms with E-state index in [1.165, 1.54) is 27.4 Å². The summed E-state index contributed by atoms with van der Waals surface area (Å²) in [6.07, 6.45) is 4.06. The van der Waals surface area contributed by atoms with Crippen LogP contribution in [0.3, 0.4) is 0 Å². The number of rotatable bonds is 7. The van der Waals surface area contributed by atoms with Gasteiger partial charge in [0.2, 0.25) is 0 Å². The van der Waals surface area contributed by atoms with Gasteiger partial charge in [-0.3, -0.25) is 0 Å². The molecule has 0 atom stereocenters. The van der Waals surface area contributed by atoms with Gasteiger partial charge in [-0.25, -0.2) is 0 Å². The van der Waals surface area contributed by atoms with E-state index in [1.54, 1.807) is 0 Å². The van der Waals surface area contributed by atoms with Crippen molar-refractivity contribution in [2.24, 2.45) is 0 Å². The minimum Gasteiger partial charge on any atom is -0.501 e. The van der Waals surface area contributed by atoms with Crippen molar-refractivity contribution < 1.29 is 28.9 Å². The minimum atomic E-state index is -1.40. The van der Waals surface area contributed by atoms with Gasteiger partial charge in [0.05, 0.1) is 13.7 Å². The Hall–Kier alpha value is -6.69. The summed E-state index contributed by atoms with van der Waals surface area (Å²) in [5.41, 5.74) is 18.0. The van der Waals surface area contributed by atoms with Crippen LogP contribution in [0, 0.1) is 26.0 Å². The molecule has 4 heterocycles. The third-order valence-electron chi connectivity index (χ3n) is 12.5. The summed E-state index contributed by atoms with van der Waals surface area (Å²) in [5.74, 6) is 0.503. The van der Waals surface area contributed by atoms with E-state index in [0.717, 1.165) is 94.2 Å². The van der Waals surface area contributed by atoms with Gasteiger partial charge in [0.1, 0.15) is 16.7 Å². The second kappa shape index (κ2) is 18.3. The van der Waals surface area contributed by atoms with Crippen molar-refractivity contribution in [3.63, 3.8) is 0 Å². The van der Waals surface area contributed by atoms with E-state index in [-0.39, 0.29) is 20.1 Å². The van der Waals surface area contributed by atoms with Crippen LogP contribution in [-0.2, 0) is 20.1 Å². The van der Waals surface area contributed by atoms with Crippen molar-refractivity contribution in [3.8, 4) is 55.9 Å². The van der Waals surface area contributed by atoms with Crippen molar-refractivity contribution in [1.29, 1.82) is 0 Å². The van der Waals surface area contributed by atoms with Crippen LogP contribution < -0.4 is 5.19 Å². The van der Waals surface area contributed by atoms with Gasteiger partial charge in [-0.1, -0.05) is 183 Å². The number of aryl methyl sites for hydroxylation is 2. The van der Waals surface area contributed by atoms with Crippen LogP contribution in [0.1, 0.15) is 36.5 Å². The number of aromatic nitrogens is 2. The standard InChI is InChI=1S/C36H22NO2.C24H28NSi.Ir/c1-22-19-32(37-21-31(22)23-9-3-2-4-10-23)29-15-8-14-28-30-20-24(17-18-34(30)39-36(28)29)25-12-7-13-27-26-11-5-6-16-33(26)38-35(25)27;1-17(2)22-15-23(25-16-24(22)26(4,5)6)20-12-13-21(18(3)14-20)19-10-8-7-9-11-19;/h2-14,16-21H,1H3;7-11,13-17H,1-6H3;/q2*-1;. The number of hydrogen-bond donors (Lipinski definition) is 0. The molecule has 0 aliphatic heterocycles. The van der Waals surface area contributed by atoms with Crippen molar-refractivity contribution in [2.75, 3.05) is 0 Å². The van der Waals surface area contributed by atoms with Crippen molar-refractivity contribution in [3.05, 3.63) is 199 Å². The molecule has 0 unspecified atom stereocenters. The topological polar surface area (TPSA) is 52.1 Å². The Balaban J connectivity index is 0.000000178. The van der Waals surface area contributed by atoms with E-state index in [4.69, 9.17) is 18.8 Å². The molecule has 0 spiro atoms. The average molecular weight is 1050 g/mol. The quantitative estimate of drug-likeness (QED) is 0.118. The predicted octanol–water partition coefficient (Wildman–Crippen LogP) is 16.2. The summed E-state index contributed by atoms with van der Waals surface area (Å²) < 4.78 is 12.7. The molecule has 0 amide bonds. The summed E-state index contributed by atoms with van der Waals surface area (Å²) in [6.45, 7) is 16.0. The number of para-hydroxylation sites is 2. The first kappa shape index (κ1) is 44.5. The van der Waals surface area contributed by atoms with Crippen LogP contribution >= 0.6 is 0 Å². The van der Waals surface area contributed by atoms with E-state index < -0.39 is 8.07 Å². The first-order valence-electron chi connectivity index (χ1n) is 22.4. The van der Waals surface area contributed by atoms with E-state index in [0.29, 0.717) is 5.92 Å². The van der Waals surface area contributed by atoms with Crippen LogP contribution in [0.4, 0.5) is 0 Å². The Morgan fingerprint density at radius 3 is 1.86 bits per heavy atom. The molecule has 66 heavy (non-hydrogen) atoms. The van der Waals surface area contributed by atoms with Gasteiger partial charge in [-0.05, 0) is 64.3 Å². The van der Waals surface area contributed by atoms with Gasteiger partial charge in [0.25, 0.3) is 0 Å². The Bertz CT molecular complexity index is 3530. The number of furan rings is 2. The largest absolute Gasteiger partial charge is 0.501 e. The van der Waals surface area contributed by atoms with Crippen molar-refractivity contribution >= 4 is 57.1 Å². The molecule has 6 heteroatoms. The predicted molar refractivity (Wildman–Crippen MR) is 274 cm³/mol. The molecule has 0 bridgehead atoms. The summed E-state index contributed by atoms with van der Waals surface area (Å²) >= 11 is 0. The van der Waals surface area contributed by atoms with Gasteiger partial charge in [0.15, 0.2) is 0 Å². The molecular formula is C60H50IrN2O2Si-2. The monoisotopic (exact) mass is 1050 g/mol. The zero-order valence-electron chi connectivity index (χ0n) is 38.3. The fourth-order valence-corrected chi connectivity index (χ4v) is 10.8. The maximum atomic E-state index is 6.42. The SMILES string of the molecule is Cc1cc(-c2[c-]ccc3c2oc2ccc(-c4cccc5c4oc4ccccc45)cc23)ncc1-c1ccccc1.Cc1cc(-c2cc(C(C)C)c([Si](C)(C)C)cn2)[c-]cc1-c1ccccc1.[Ir]. The number of nitrogens with zero attached hydrogens (tertiary/aromatic N) is 2. The molecule has 0 aliphatic carbocycles. The Labute approximate surface area is 401 Å². The average Bonchev–Trinajstić information content (AvgIpc) is 3.90. The third kappa shape index (κ3) is 8.49. The smallest absolute Gasteiger partial charge is 0.143 e. The maximum absolute atomic E-state index is 6.42. The van der Waals surface area contributed by atoms with Gasteiger partial charge in [-0.15, -0.1) is 47.5 Å². The molecule has 4 nitrogen and oxygen atoms in total. The van der Waals surface area contributed by atoms with Gasteiger partial charge in [-0.2, -0.15) is 0 Å². The van der Waals surface area contributed by atoms with Crippen LogP contribution in [0.15, 0.2) is 179 Å². The second-order valence-electron chi connectivity index (χ2n) is 18.3. The molecule has 0 saturated heterocycles. The summed E-state index contributed by atoms with van der Waals surface area (Å²) in [7, 11) is -1.40. The summed E-state index contributed by atoms with van der Waals surface area (Å²) in [4.78, 5) is 9.63. The molecule has 0 aliphatic rings. The zero-order valence-corrected chi connectivity index (χ0v) is 41.7. The maximum Gasteiger partial charge on any atom is 0.143 e. The van der Waals surface area contributed by atoms with E-state index in [1.807, 2.05) is 48.7 Å². The molecule has 327 valence electrons. The zero-order chi connectivity index (χ0) is 44.8. The number of fused-ring (bicyclic) bond motifs is 6. The van der Waals surface area contributed by atoms with Crippen molar-refractivity contribution in [2.45, 2.75) is 53.3 Å². The molecule has 0 fully saturated rings.